The standard InChI is InChI=1S/C17H15ClF3NO2/c1-10-5-3-4-6-15(10)24-11(2)16(23)22-14-9-12(17(19,20)21)7-8-13(14)18/h3-9,11H,1-2H3,(H,22,23)/t11-/m0/s1. The normalized spacial score (nSPS) is 12.6. The molecule has 0 spiro atoms. The van der Waals surface area contributed by atoms with Crippen molar-refractivity contribution in [2.24, 2.45) is 0 Å². The van der Waals surface area contributed by atoms with Crippen LogP contribution in [-0.2, 0) is 11.0 Å². The average Bonchev–Trinajstić information content (AvgIpc) is 2.50. The minimum Gasteiger partial charge on any atom is -0.481 e. The SMILES string of the molecule is Cc1ccccc1O[C@@H](C)C(=O)Nc1cc(C(F)(F)F)ccc1Cl. The van der Waals surface area contributed by atoms with Gasteiger partial charge in [0, 0.05) is 0 Å². The third-order valence-corrected chi connectivity index (χ3v) is 3.65. The second-order valence-corrected chi connectivity index (χ2v) is 5.61. The zero-order valence-electron chi connectivity index (χ0n) is 12.9. The first-order chi connectivity index (χ1) is 11.2. The smallest absolute Gasteiger partial charge is 0.416 e. The number of ether oxygens (including phenoxy) is 1. The quantitative estimate of drug-likeness (QED) is 0.829. The number of halogens is 4. The van der Waals surface area contributed by atoms with Crippen LogP contribution in [0.3, 0.4) is 0 Å². The maximum Gasteiger partial charge on any atom is 0.416 e. The van der Waals surface area contributed by atoms with Crippen molar-refractivity contribution < 1.29 is 22.7 Å². The molecule has 0 saturated carbocycles. The van der Waals surface area contributed by atoms with Gasteiger partial charge in [-0.2, -0.15) is 13.2 Å². The van der Waals surface area contributed by atoms with Gasteiger partial charge in [0.1, 0.15) is 5.75 Å². The number of hydrogen-bond donors (Lipinski definition) is 1. The summed E-state index contributed by atoms with van der Waals surface area (Å²) in [5, 5.41) is 2.38. The van der Waals surface area contributed by atoms with Crippen LogP contribution in [-0.4, -0.2) is 12.0 Å². The van der Waals surface area contributed by atoms with Crippen molar-refractivity contribution in [1.82, 2.24) is 0 Å². The van der Waals surface area contributed by atoms with E-state index in [1.807, 2.05) is 19.1 Å². The fourth-order valence-electron chi connectivity index (χ4n) is 1.96. The van der Waals surface area contributed by atoms with Crippen LogP contribution in [0.2, 0.25) is 5.02 Å². The highest BCUT2D eigenvalue weighted by atomic mass is 35.5. The van der Waals surface area contributed by atoms with Crippen molar-refractivity contribution in [3.63, 3.8) is 0 Å². The number of nitrogens with one attached hydrogen (secondary N) is 1. The summed E-state index contributed by atoms with van der Waals surface area (Å²) in [6.45, 7) is 3.33. The summed E-state index contributed by atoms with van der Waals surface area (Å²) >= 11 is 5.86. The molecule has 0 saturated heterocycles. The maximum absolute atomic E-state index is 12.7. The van der Waals surface area contributed by atoms with Crippen LogP contribution in [0.4, 0.5) is 18.9 Å². The van der Waals surface area contributed by atoms with Crippen LogP contribution in [0, 0.1) is 6.92 Å². The number of benzene rings is 2. The van der Waals surface area contributed by atoms with Gasteiger partial charge in [0.2, 0.25) is 0 Å². The van der Waals surface area contributed by atoms with E-state index >= 15 is 0 Å². The Morgan fingerprint density at radius 2 is 1.88 bits per heavy atom. The molecule has 0 unspecified atom stereocenters. The number of anilines is 1. The lowest BCUT2D eigenvalue weighted by Crippen LogP contribution is -2.30. The van der Waals surface area contributed by atoms with E-state index in [0.717, 1.165) is 23.8 Å². The average molecular weight is 358 g/mol. The topological polar surface area (TPSA) is 38.3 Å². The molecule has 7 heteroatoms. The van der Waals surface area contributed by atoms with E-state index in [0.29, 0.717) is 5.75 Å². The number of amides is 1. The van der Waals surface area contributed by atoms with Gasteiger partial charge < -0.3 is 10.1 Å². The van der Waals surface area contributed by atoms with Crippen molar-refractivity contribution in [2.45, 2.75) is 26.1 Å². The number of rotatable bonds is 4. The Balaban J connectivity index is 2.13. The number of hydrogen-bond acceptors (Lipinski definition) is 2. The molecule has 2 rings (SSSR count). The number of carbonyl (C=O) groups excluding carboxylic acids is 1. The van der Waals surface area contributed by atoms with Crippen molar-refractivity contribution >= 4 is 23.2 Å². The molecule has 1 atom stereocenters. The minimum atomic E-state index is -4.52. The van der Waals surface area contributed by atoms with E-state index in [1.165, 1.54) is 6.92 Å². The lowest BCUT2D eigenvalue weighted by molar-refractivity contribution is -0.137. The molecule has 0 aliphatic heterocycles. The molecule has 128 valence electrons. The second-order valence-electron chi connectivity index (χ2n) is 5.21. The number of alkyl halides is 3. The Morgan fingerprint density at radius 1 is 1.21 bits per heavy atom. The summed E-state index contributed by atoms with van der Waals surface area (Å²) in [7, 11) is 0. The van der Waals surface area contributed by atoms with Gasteiger partial charge in [-0.1, -0.05) is 29.8 Å². The van der Waals surface area contributed by atoms with Gasteiger partial charge in [-0.3, -0.25) is 4.79 Å². The Hall–Kier alpha value is -2.21. The fourth-order valence-corrected chi connectivity index (χ4v) is 2.13. The molecule has 0 fully saturated rings. The highest BCUT2D eigenvalue weighted by Crippen LogP contribution is 2.34. The van der Waals surface area contributed by atoms with E-state index in [-0.39, 0.29) is 10.7 Å². The first-order valence-corrected chi connectivity index (χ1v) is 7.46. The third-order valence-electron chi connectivity index (χ3n) is 3.32. The first-order valence-electron chi connectivity index (χ1n) is 7.08. The van der Waals surface area contributed by atoms with Crippen molar-refractivity contribution in [3.05, 3.63) is 58.6 Å². The Kier molecular flexibility index (Phi) is 5.39. The third kappa shape index (κ3) is 4.41. The molecule has 3 nitrogen and oxygen atoms in total. The van der Waals surface area contributed by atoms with E-state index in [9.17, 15) is 18.0 Å². The van der Waals surface area contributed by atoms with E-state index < -0.39 is 23.8 Å². The molecule has 24 heavy (non-hydrogen) atoms. The Labute approximate surface area is 142 Å². The summed E-state index contributed by atoms with van der Waals surface area (Å²) in [4.78, 5) is 12.2. The molecule has 1 amide bonds. The molecule has 0 heterocycles. The summed E-state index contributed by atoms with van der Waals surface area (Å²) in [5.74, 6) is -0.0743. The second kappa shape index (κ2) is 7.13. The summed E-state index contributed by atoms with van der Waals surface area (Å²) in [5.41, 5.74) is -0.166. The highest BCUT2D eigenvalue weighted by Gasteiger charge is 2.31. The van der Waals surface area contributed by atoms with Crippen LogP contribution >= 0.6 is 11.6 Å². The number of aryl methyl sites for hydroxylation is 1. The lowest BCUT2D eigenvalue weighted by Gasteiger charge is -2.17. The van der Waals surface area contributed by atoms with Crippen molar-refractivity contribution in [1.29, 1.82) is 0 Å². The van der Waals surface area contributed by atoms with E-state index in [4.69, 9.17) is 16.3 Å². The minimum absolute atomic E-state index is 0.0134. The molecule has 2 aromatic rings. The Morgan fingerprint density at radius 3 is 2.50 bits per heavy atom. The van der Waals surface area contributed by atoms with Gasteiger partial charge >= 0.3 is 6.18 Å². The fraction of sp³-hybridized carbons (Fsp3) is 0.235. The number of para-hydroxylation sites is 1. The molecule has 0 aromatic heterocycles. The van der Waals surface area contributed by atoms with Crippen molar-refractivity contribution in [3.8, 4) is 5.75 Å². The van der Waals surface area contributed by atoms with Gasteiger partial charge in [0.25, 0.3) is 5.91 Å². The lowest BCUT2D eigenvalue weighted by atomic mass is 10.2. The highest BCUT2D eigenvalue weighted by molar-refractivity contribution is 6.33. The van der Waals surface area contributed by atoms with Crippen molar-refractivity contribution in [2.75, 3.05) is 5.32 Å². The van der Waals surface area contributed by atoms with Gasteiger partial charge in [0.15, 0.2) is 6.10 Å². The van der Waals surface area contributed by atoms with Crippen LogP contribution in [0.1, 0.15) is 18.1 Å². The largest absolute Gasteiger partial charge is 0.481 e. The molecular formula is C17H15ClF3NO2. The summed E-state index contributed by atoms with van der Waals surface area (Å²) in [6.07, 6.45) is -5.43. The van der Waals surface area contributed by atoms with Crippen LogP contribution in [0.15, 0.2) is 42.5 Å². The summed E-state index contributed by atoms with van der Waals surface area (Å²) < 4.78 is 43.8. The maximum atomic E-state index is 12.7. The van der Waals surface area contributed by atoms with Gasteiger partial charge in [-0.15, -0.1) is 0 Å². The predicted octanol–water partition coefficient (Wildman–Crippen LogP) is 5.07. The predicted molar refractivity (Wildman–Crippen MR) is 86.4 cm³/mol. The monoisotopic (exact) mass is 357 g/mol. The van der Waals surface area contributed by atoms with Crippen LogP contribution in [0.5, 0.6) is 5.75 Å². The molecule has 2 aromatic carbocycles. The van der Waals surface area contributed by atoms with Gasteiger partial charge in [0.05, 0.1) is 16.3 Å². The van der Waals surface area contributed by atoms with Crippen LogP contribution < -0.4 is 10.1 Å². The van der Waals surface area contributed by atoms with E-state index in [2.05, 4.69) is 5.32 Å². The van der Waals surface area contributed by atoms with Crippen LogP contribution in [0.25, 0.3) is 0 Å². The molecule has 1 N–H and O–H groups in total. The zero-order valence-corrected chi connectivity index (χ0v) is 13.7. The van der Waals surface area contributed by atoms with Gasteiger partial charge in [-0.25, -0.2) is 0 Å². The van der Waals surface area contributed by atoms with E-state index in [1.54, 1.807) is 12.1 Å². The number of carbonyl (C=O) groups is 1. The molecule has 0 aliphatic carbocycles. The molecule has 0 aliphatic rings. The zero-order chi connectivity index (χ0) is 17.9. The molecule has 0 bridgehead atoms. The molecular weight excluding hydrogens is 343 g/mol. The molecule has 0 radical (unpaired) electrons. The summed E-state index contributed by atoms with van der Waals surface area (Å²) in [6, 6.07) is 9.85. The Bertz CT molecular complexity index is 747. The first kappa shape index (κ1) is 18.1. The van der Waals surface area contributed by atoms with Gasteiger partial charge in [-0.05, 0) is 43.7 Å².